The van der Waals surface area contributed by atoms with E-state index in [1.54, 1.807) is 25.3 Å². The smallest absolute Gasteiger partial charge is 0.237 e. The van der Waals surface area contributed by atoms with E-state index in [4.69, 9.17) is 17.3 Å². The minimum atomic E-state index is -0.518. The molecule has 1 aromatic heterocycles. The molecule has 0 bridgehead atoms. The molecule has 0 fully saturated rings. The summed E-state index contributed by atoms with van der Waals surface area (Å²) in [4.78, 5) is 16.2. The van der Waals surface area contributed by atoms with Gasteiger partial charge in [-0.25, -0.2) is 9.37 Å². The SMILES string of the molecule is CC(Sc1ncccc1Cl)C(=O)Nc1ccc(F)c(N)c1. The summed E-state index contributed by atoms with van der Waals surface area (Å²) in [5.74, 6) is -0.761. The second-order valence-corrected chi connectivity index (χ2v) is 6.01. The highest BCUT2D eigenvalue weighted by Gasteiger charge is 2.17. The molecule has 1 heterocycles. The molecule has 2 aromatic rings. The number of amides is 1. The van der Waals surface area contributed by atoms with Gasteiger partial charge in [-0.2, -0.15) is 0 Å². The third kappa shape index (κ3) is 4.09. The van der Waals surface area contributed by atoms with Crippen LogP contribution >= 0.6 is 23.4 Å². The average Bonchev–Trinajstić information content (AvgIpc) is 2.45. The lowest BCUT2D eigenvalue weighted by Crippen LogP contribution is -2.22. The Kier molecular flexibility index (Phi) is 5.03. The molecule has 7 heteroatoms. The zero-order valence-corrected chi connectivity index (χ0v) is 12.7. The van der Waals surface area contributed by atoms with Crippen LogP contribution in [0.15, 0.2) is 41.6 Å². The van der Waals surface area contributed by atoms with Crippen LogP contribution < -0.4 is 11.1 Å². The summed E-state index contributed by atoms with van der Waals surface area (Å²) in [6.45, 7) is 1.73. The van der Waals surface area contributed by atoms with Gasteiger partial charge >= 0.3 is 0 Å². The van der Waals surface area contributed by atoms with Gasteiger partial charge in [-0.05, 0) is 37.3 Å². The van der Waals surface area contributed by atoms with E-state index in [2.05, 4.69) is 10.3 Å². The number of carbonyl (C=O) groups excluding carboxylic acids is 1. The van der Waals surface area contributed by atoms with Crippen molar-refractivity contribution in [3.05, 3.63) is 47.4 Å². The van der Waals surface area contributed by atoms with E-state index >= 15 is 0 Å². The minimum absolute atomic E-state index is 0.0131. The first-order valence-corrected chi connectivity index (χ1v) is 7.36. The highest BCUT2D eigenvalue weighted by Crippen LogP contribution is 2.28. The lowest BCUT2D eigenvalue weighted by molar-refractivity contribution is -0.115. The standard InChI is InChI=1S/C14H13ClFN3OS/c1-8(21-14-10(15)3-2-6-18-14)13(20)19-9-4-5-11(16)12(17)7-9/h2-8H,17H2,1H3,(H,19,20). The van der Waals surface area contributed by atoms with E-state index < -0.39 is 11.1 Å². The summed E-state index contributed by atoms with van der Waals surface area (Å²) in [6, 6.07) is 7.46. The van der Waals surface area contributed by atoms with Crippen LogP contribution in [0.2, 0.25) is 5.02 Å². The Balaban J connectivity index is 2.02. The molecule has 110 valence electrons. The summed E-state index contributed by atoms with van der Waals surface area (Å²) >= 11 is 7.24. The summed E-state index contributed by atoms with van der Waals surface area (Å²) in [5.41, 5.74) is 5.89. The van der Waals surface area contributed by atoms with Gasteiger partial charge in [-0.1, -0.05) is 23.4 Å². The van der Waals surface area contributed by atoms with E-state index in [-0.39, 0.29) is 11.6 Å². The highest BCUT2D eigenvalue weighted by atomic mass is 35.5. The molecule has 0 aliphatic rings. The average molecular weight is 326 g/mol. The molecule has 0 spiro atoms. The van der Waals surface area contributed by atoms with Crippen LogP contribution in [0.1, 0.15) is 6.92 Å². The van der Waals surface area contributed by atoms with Gasteiger partial charge in [0, 0.05) is 11.9 Å². The number of aromatic nitrogens is 1. The summed E-state index contributed by atoms with van der Waals surface area (Å²) in [5, 5.41) is 3.34. The number of anilines is 2. The van der Waals surface area contributed by atoms with E-state index in [0.717, 1.165) is 0 Å². The zero-order chi connectivity index (χ0) is 15.4. The fraction of sp³-hybridized carbons (Fsp3) is 0.143. The van der Waals surface area contributed by atoms with Crippen LogP contribution in [0.4, 0.5) is 15.8 Å². The molecule has 0 saturated heterocycles. The number of hydrogen-bond acceptors (Lipinski definition) is 4. The zero-order valence-electron chi connectivity index (χ0n) is 11.1. The Morgan fingerprint density at radius 3 is 2.90 bits per heavy atom. The molecule has 2 rings (SSSR count). The first-order valence-electron chi connectivity index (χ1n) is 6.10. The summed E-state index contributed by atoms with van der Waals surface area (Å²) < 4.78 is 13.1. The molecule has 1 unspecified atom stereocenters. The number of nitrogen functional groups attached to an aromatic ring is 1. The van der Waals surface area contributed by atoms with Crippen molar-refractivity contribution in [2.24, 2.45) is 0 Å². The van der Waals surface area contributed by atoms with Crippen molar-refractivity contribution in [2.45, 2.75) is 17.2 Å². The maximum atomic E-state index is 13.1. The third-order valence-electron chi connectivity index (χ3n) is 2.65. The van der Waals surface area contributed by atoms with Gasteiger partial charge in [-0.15, -0.1) is 0 Å². The number of benzene rings is 1. The van der Waals surface area contributed by atoms with Crippen LogP contribution in [0.5, 0.6) is 0 Å². The van der Waals surface area contributed by atoms with Crippen molar-refractivity contribution in [1.82, 2.24) is 4.98 Å². The van der Waals surface area contributed by atoms with Gasteiger partial charge in [0.1, 0.15) is 10.8 Å². The first-order chi connectivity index (χ1) is 9.97. The van der Waals surface area contributed by atoms with Crippen molar-refractivity contribution in [1.29, 1.82) is 0 Å². The molecular weight excluding hydrogens is 313 g/mol. The van der Waals surface area contributed by atoms with Crippen molar-refractivity contribution in [2.75, 3.05) is 11.1 Å². The molecule has 0 saturated carbocycles. The predicted molar refractivity (Wildman–Crippen MR) is 84.0 cm³/mol. The molecule has 4 nitrogen and oxygen atoms in total. The molecule has 1 atom stereocenters. The van der Waals surface area contributed by atoms with Gasteiger partial charge in [-0.3, -0.25) is 4.79 Å². The predicted octanol–water partition coefficient (Wildman–Crippen LogP) is 3.58. The number of carbonyl (C=O) groups is 1. The number of hydrogen-bond donors (Lipinski definition) is 2. The highest BCUT2D eigenvalue weighted by molar-refractivity contribution is 8.00. The monoisotopic (exact) mass is 325 g/mol. The third-order valence-corrected chi connectivity index (χ3v) is 4.18. The quantitative estimate of drug-likeness (QED) is 0.666. The fourth-order valence-electron chi connectivity index (χ4n) is 1.54. The van der Waals surface area contributed by atoms with Crippen LogP contribution in [-0.2, 0) is 4.79 Å². The first kappa shape index (κ1) is 15.6. The number of thioether (sulfide) groups is 1. The van der Waals surface area contributed by atoms with Crippen molar-refractivity contribution in [3.63, 3.8) is 0 Å². The van der Waals surface area contributed by atoms with Gasteiger partial charge in [0.25, 0.3) is 0 Å². The number of nitrogens with two attached hydrogens (primary N) is 1. The molecule has 0 radical (unpaired) electrons. The molecule has 21 heavy (non-hydrogen) atoms. The Labute approximate surface area is 130 Å². The Bertz CT molecular complexity index is 668. The van der Waals surface area contributed by atoms with Gasteiger partial charge < -0.3 is 11.1 Å². The molecule has 0 aliphatic carbocycles. The lowest BCUT2D eigenvalue weighted by atomic mass is 10.2. The normalized spacial score (nSPS) is 12.0. The Morgan fingerprint density at radius 2 is 2.24 bits per heavy atom. The minimum Gasteiger partial charge on any atom is -0.396 e. The van der Waals surface area contributed by atoms with Crippen LogP contribution in [0.25, 0.3) is 0 Å². The molecular formula is C14H13ClFN3OS. The number of halogens is 2. The van der Waals surface area contributed by atoms with Gasteiger partial charge in [0.05, 0.1) is 16.0 Å². The second kappa shape index (κ2) is 6.78. The second-order valence-electron chi connectivity index (χ2n) is 4.28. The van der Waals surface area contributed by atoms with E-state index in [1.807, 2.05) is 0 Å². The van der Waals surface area contributed by atoms with Crippen molar-refractivity contribution < 1.29 is 9.18 Å². The van der Waals surface area contributed by atoms with Gasteiger partial charge in [0.2, 0.25) is 5.91 Å². The van der Waals surface area contributed by atoms with E-state index in [0.29, 0.717) is 15.7 Å². The lowest BCUT2D eigenvalue weighted by Gasteiger charge is -2.12. The summed E-state index contributed by atoms with van der Waals surface area (Å²) in [6.07, 6.45) is 1.61. The Morgan fingerprint density at radius 1 is 1.48 bits per heavy atom. The van der Waals surface area contributed by atoms with E-state index in [9.17, 15) is 9.18 Å². The van der Waals surface area contributed by atoms with Crippen LogP contribution in [-0.4, -0.2) is 16.1 Å². The van der Waals surface area contributed by atoms with E-state index in [1.165, 1.54) is 30.0 Å². The van der Waals surface area contributed by atoms with Crippen LogP contribution in [0.3, 0.4) is 0 Å². The largest absolute Gasteiger partial charge is 0.396 e. The molecule has 1 amide bonds. The number of nitrogens with one attached hydrogen (secondary N) is 1. The topological polar surface area (TPSA) is 68.0 Å². The number of rotatable bonds is 4. The summed E-state index contributed by atoms with van der Waals surface area (Å²) in [7, 11) is 0. The maximum Gasteiger partial charge on any atom is 0.237 e. The fourth-order valence-corrected chi connectivity index (χ4v) is 2.60. The number of nitrogens with zero attached hydrogens (tertiary/aromatic N) is 1. The van der Waals surface area contributed by atoms with Crippen LogP contribution in [0, 0.1) is 5.82 Å². The molecule has 0 aliphatic heterocycles. The maximum absolute atomic E-state index is 13.1. The van der Waals surface area contributed by atoms with Gasteiger partial charge in [0.15, 0.2) is 0 Å². The van der Waals surface area contributed by atoms with Crippen molar-refractivity contribution >= 4 is 40.6 Å². The van der Waals surface area contributed by atoms with Crippen molar-refractivity contribution in [3.8, 4) is 0 Å². The molecule has 1 aromatic carbocycles. The Hall–Kier alpha value is -1.79. The number of pyridine rings is 1. The molecule has 3 N–H and O–H groups in total.